The van der Waals surface area contributed by atoms with Crippen LogP contribution in [0.5, 0.6) is 0 Å². The highest BCUT2D eigenvalue weighted by Gasteiger charge is 2.25. The number of hydrogen-bond donors (Lipinski definition) is 2. The number of imide groups is 1. The van der Waals surface area contributed by atoms with Crippen LogP contribution in [0.15, 0.2) is 5.38 Å². The second kappa shape index (κ2) is 8.26. The number of aryl methyl sites for hydroxylation is 1. The van der Waals surface area contributed by atoms with Crippen molar-refractivity contribution < 1.29 is 9.59 Å². The van der Waals surface area contributed by atoms with Gasteiger partial charge in [0.15, 0.2) is 5.13 Å². The maximum atomic E-state index is 12.2. The molecule has 2 N–H and O–H groups in total. The van der Waals surface area contributed by atoms with E-state index in [1.54, 1.807) is 11.3 Å². The zero-order valence-corrected chi connectivity index (χ0v) is 14.8. The molecule has 1 unspecified atom stereocenters. The van der Waals surface area contributed by atoms with Crippen molar-refractivity contribution in [2.24, 2.45) is 0 Å². The van der Waals surface area contributed by atoms with Gasteiger partial charge in [-0.3, -0.25) is 15.0 Å². The summed E-state index contributed by atoms with van der Waals surface area (Å²) in [6.07, 6.45) is 0.970. The predicted octanol–water partition coefficient (Wildman–Crippen LogP) is 1.20. The summed E-state index contributed by atoms with van der Waals surface area (Å²) in [6.45, 7) is 9.56. The van der Waals surface area contributed by atoms with Crippen LogP contribution < -0.4 is 15.5 Å². The number of thiazole rings is 1. The van der Waals surface area contributed by atoms with E-state index in [-0.39, 0.29) is 11.9 Å². The summed E-state index contributed by atoms with van der Waals surface area (Å²) in [7, 11) is 0. The van der Waals surface area contributed by atoms with Gasteiger partial charge < -0.3 is 10.2 Å². The number of carbonyl (C=O) groups excluding carboxylic acids is 2. The zero-order chi connectivity index (χ0) is 16.8. The average molecular weight is 339 g/mol. The monoisotopic (exact) mass is 339 g/mol. The molecule has 1 aromatic heterocycles. The second-order valence-electron chi connectivity index (χ2n) is 5.67. The van der Waals surface area contributed by atoms with Crippen molar-refractivity contribution in [3.63, 3.8) is 0 Å². The van der Waals surface area contributed by atoms with Crippen molar-refractivity contribution in [2.45, 2.75) is 33.2 Å². The Labute approximate surface area is 141 Å². The highest BCUT2D eigenvalue weighted by atomic mass is 32.1. The van der Waals surface area contributed by atoms with Crippen LogP contribution in [0.2, 0.25) is 0 Å². The molecule has 1 aliphatic rings. The SMILES string of the molecule is CCNC(=O)NC(=O)C(C)N1CCCN(c2nc(C)cs2)CC1. The first-order valence-electron chi connectivity index (χ1n) is 8.01. The lowest BCUT2D eigenvalue weighted by molar-refractivity contribution is -0.124. The molecule has 0 radical (unpaired) electrons. The van der Waals surface area contributed by atoms with Gasteiger partial charge in [-0.1, -0.05) is 0 Å². The highest BCUT2D eigenvalue weighted by molar-refractivity contribution is 7.13. The van der Waals surface area contributed by atoms with Gasteiger partial charge in [-0.25, -0.2) is 9.78 Å². The molecule has 0 aliphatic carbocycles. The van der Waals surface area contributed by atoms with E-state index in [1.165, 1.54) is 0 Å². The van der Waals surface area contributed by atoms with E-state index in [4.69, 9.17) is 0 Å². The first-order chi connectivity index (χ1) is 11.0. The fraction of sp³-hybridized carbons (Fsp3) is 0.667. The van der Waals surface area contributed by atoms with Gasteiger partial charge in [-0.2, -0.15) is 0 Å². The fourth-order valence-corrected chi connectivity index (χ4v) is 3.45. The number of urea groups is 1. The molecule has 7 nitrogen and oxygen atoms in total. The molecular weight excluding hydrogens is 314 g/mol. The fourth-order valence-electron chi connectivity index (χ4n) is 2.59. The number of hydrogen-bond acceptors (Lipinski definition) is 6. The van der Waals surface area contributed by atoms with Crippen molar-refractivity contribution in [2.75, 3.05) is 37.6 Å². The van der Waals surface area contributed by atoms with Crippen LogP contribution in [0, 0.1) is 6.92 Å². The Morgan fingerprint density at radius 2 is 2.13 bits per heavy atom. The molecule has 0 saturated carbocycles. The third kappa shape index (κ3) is 4.90. The molecule has 2 rings (SSSR count). The summed E-state index contributed by atoms with van der Waals surface area (Å²) in [5, 5.41) is 8.06. The molecular formula is C15H25N5O2S. The van der Waals surface area contributed by atoms with Gasteiger partial charge in [0.05, 0.1) is 11.7 Å². The van der Waals surface area contributed by atoms with Crippen LogP contribution in [-0.4, -0.2) is 60.6 Å². The van der Waals surface area contributed by atoms with Gasteiger partial charge in [0.1, 0.15) is 0 Å². The maximum Gasteiger partial charge on any atom is 0.321 e. The van der Waals surface area contributed by atoms with Gasteiger partial charge in [0, 0.05) is 38.1 Å². The standard InChI is InChI=1S/C15H25N5O2S/c1-4-16-14(22)18-13(21)12(3)19-6-5-7-20(9-8-19)15-17-11(2)10-23-15/h10,12H,4-9H2,1-3H3,(H2,16,18,21,22). The van der Waals surface area contributed by atoms with Crippen molar-refractivity contribution in [1.82, 2.24) is 20.5 Å². The number of rotatable bonds is 4. The molecule has 1 atom stereocenters. The summed E-state index contributed by atoms with van der Waals surface area (Å²) in [6, 6.07) is -0.755. The van der Waals surface area contributed by atoms with Gasteiger partial charge in [-0.15, -0.1) is 11.3 Å². The van der Waals surface area contributed by atoms with Crippen LogP contribution in [0.25, 0.3) is 0 Å². The topological polar surface area (TPSA) is 77.6 Å². The van der Waals surface area contributed by atoms with Gasteiger partial charge >= 0.3 is 6.03 Å². The van der Waals surface area contributed by atoms with E-state index >= 15 is 0 Å². The number of aromatic nitrogens is 1. The van der Waals surface area contributed by atoms with Crippen LogP contribution in [0.3, 0.4) is 0 Å². The normalized spacial score (nSPS) is 17.4. The molecule has 0 spiro atoms. The summed E-state index contributed by atoms with van der Waals surface area (Å²) in [5.74, 6) is -0.255. The minimum Gasteiger partial charge on any atom is -0.347 e. The molecule has 0 aromatic carbocycles. The van der Waals surface area contributed by atoms with E-state index in [0.29, 0.717) is 6.54 Å². The lowest BCUT2D eigenvalue weighted by Crippen LogP contribution is -2.50. The second-order valence-corrected chi connectivity index (χ2v) is 6.51. The lowest BCUT2D eigenvalue weighted by Gasteiger charge is -2.26. The van der Waals surface area contributed by atoms with Crippen LogP contribution >= 0.6 is 11.3 Å². The van der Waals surface area contributed by atoms with Crippen molar-refractivity contribution in [1.29, 1.82) is 0 Å². The summed E-state index contributed by atoms with van der Waals surface area (Å²) in [4.78, 5) is 32.6. The Morgan fingerprint density at radius 3 is 2.78 bits per heavy atom. The Hall–Kier alpha value is -1.67. The Kier molecular flexibility index (Phi) is 6.35. The quantitative estimate of drug-likeness (QED) is 0.862. The number of nitrogens with one attached hydrogen (secondary N) is 2. The minimum absolute atomic E-state index is 0.255. The highest BCUT2D eigenvalue weighted by Crippen LogP contribution is 2.21. The summed E-state index contributed by atoms with van der Waals surface area (Å²) < 4.78 is 0. The first-order valence-corrected chi connectivity index (χ1v) is 8.89. The Balaban J connectivity index is 1.89. The molecule has 8 heteroatoms. The average Bonchev–Trinajstić information content (AvgIpc) is 2.80. The summed E-state index contributed by atoms with van der Waals surface area (Å²) in [5.41, 5.74) is 1.04. The van der Waals surface area contributed by atoms with Crippen molar-refractivity contribution >= 4 is 28.4 Å². The molecule has 1 saturated heterocycles. The molecule has 0 bridgehead atoms. The predicted molar refractivity (Wildman–Crippen MR) is 91.9 cm³/mol. The number of nitrogens with zero attached hydrogens (tertiary/aromatic N) is 3. The van der Waals surface area contributed by atoms with E-state index in [2.05, 4.69) is 30.8 Å². The maximum absolute atomic E-state index is 12.2. The largest absolute Gasteiger partial charge is 0.347 e. The van der Waals surface area contributed by atoms with Gasteiger partial charge in [0.2, 0.25) is 5.91 Å². The van der Waals surface area contributed by atoms with Crippen LogP contribution in [0.4, 0.5) is 9.93 Å². The molecule has 2 heterocycles. The number of anilines is 1. The first kappa shape index (κ1) is 17.7. The Morgan fingerprint density at radius 1 is 1.35 bits per heavy atom. The van der Waals surface area contributed by atoms with E-state index in [1.807, 2.05) is 20.8 Å². The molecule has 23 heavy (non-hydrogen) atoms. The van der Waals surface area contributed by atoms with E-state index < -0.39 is 6.03 Å². The zero-order valence-electron chi connectivity index (χ0n) is 14.0. The molecule has 128 valence electrons. The van der Waals surface area contributed by atoms with Gasteiger partial charge in [-0.05, 0) is 27.2 Å². The van der Waals surface area contributed by atoms with Crippen LogP contribution in [0.1, 0.15) is 26.0 Å². The van der Waals surface area contributed by atoms with Crippen molar-refractivity contribution in [3.8, 4) is 0 Å². The number of carbonyl (C=O) groups is 2. The minimum atomic E-state index is -0.431. The summed E-state index contributed by atoms with van der Waals surface area (Å²) >= 11 is 1.66. The van der Waals surface area contributed by atoms with Gasteiger partial charge in [0.25, 0.3) is 0 Å². The number of amides is 3. The molecule has 1 fully saturated rings. The Bertz CT molecular complexity index is 548. The van der Waals surface area contributed by atoms with E-state index in [0.717, 1.165) is 43.4 Å². The third-order valence-electron chi connectivity index (χ3n) is 3.91. The van der Waals surface area contributed by atoms with Crippen LogP contribution in [-0.2, 0) is 4.79 Å². The van der Waals surface area contributed by atoms with Crippen molar-refractivity contribution in [3.05, 3.63) is 11.1 Å². The third-order valence-corrected chi connectivity index (χ3v) is 4.93. The molecule has 1 aliphatic heterocycles. The molecule has 1 aromatic rings. The van der Waals surface area contributed by atoms with E-state index in [9.17, 15) is 9.59 Å². The smallest absolute Gasteiger partial charge is 0.321 e. The molecule has 3 amide bonds. The lowest BCUT2D eigenvalue weighted by atomic mass is 10.2.